The van der Waals surface area contributed by atoms with Crippen molar-refractivity contribution in [1.29, 1.82) is 0 Å². The Morgan fingerprint density at radius 3 is 2.70 bits per heavy atom. The van der Waals surface area contributed by atoms with E-state index in [2.05, 4.69) is 9.97 Å². The van der Waals surface area contributed by atoms with E-state index in [1.807, 2.05) is 25.1 Å². The molecule has 2 heterocycles. The molecule has 0 aliphatic heterocycles. The van der Waals surface area contributed by atoms with Gasteiger partial charge in [-0.25, -0.2) is 4.98 Å². The van der Waals surface area contributed by atoms with Crippen molar-refractivity contribution in [1.82, 2.24) is 9.97 Å². The van der Waals surface area contributed by atoms with Gasteiger partial charge in [-0.05, 0) is 25.1 Å². The van der Waals surface area contributed by atoms with Crippen molar-refractivity contribution in [2.45, 2.75) is 13.5 Å². The maximum atomic E-state index is 11.0. The summed E-state index contributed by atoms with van der Waals surface area (Å²) < 4.78 is 0. The van der Waals surface area contributed by atoms with Crippen LogP contribution in [0.25, 0.3) is 0 Å². The normalized spacial score (nSPS) is 10.3. The van der Waals surface area contributed by atoms with Gasteiger partial charge < -0.3 is 10.6 Å². The van der Waals surface area contributed by atoms with Crippen molar-refractivity contribution < 1.29 is 4.92 Å². The fourth-order valence-corrected chi connectivity index (χ4v) is 1.88. The molecule has 0 aliphatic rings. The third kappa shape index (κ3) is 3.00. The molecule has 0 radical (unpaired) electrons. The maximum absolute atomic E-state index is 11.0. The van der Waals surface area contributed by atoms with Crippen molar-refractivity contribution in [2.75, 3.05) is 17.7 Å². The zero-order chi connectivity index (χ0) is 14.7. The van der Waals surface area contributed by atoms with Crippen LogP contribution in [0, 0.1) is 17.0 Å². The molecule has 0 saturated carbocycles. The van der Waals surface area contributed by atoms with Gasteiger partial charge in [0, 0.05) is 18.8 Å². The highest BCUT2D eigenvalue weighted by Gasteiger charge is 2.19. The van der Waals surface area contributed by atoms with Crippen LogP contribution in [0.2, 0.25) is 0 Å². The lowest BCUT2D eigenvalue weighted by Gasteiger charge is -2.18. The van der Waals surface area contributed by atoms with Gasteiger partial charge in [0.2, 0.25) is 5.82 Å². The SMILES string of the molecule is Cc1cccc(CN(C)c2nc(N)ccc2[N+](=O)[O-])n1. The minimum absolute atomic E-state index is 0.0747. The molecule has 7 heteroatoms. The molecule has 20 heavy (non-hydrogen) atoms. The van der Waals surface area contributed by atoms with Gasteiger partial charge in [0.25, 0.3) is 0 Å². The number of nitro groups is 1. The van der Waals surface area contributed by atoms with Gasteiger partial charge in [-0.1, -0.05) is 6.07 Å². The van der Waals surface area contributed by atoms with Crippen LogP contribution in [0.1, 0.15) is 11.4 Å². The monoisotopic (exact) mass is 273 g/mol. The van der Waals surface area contributed by atoms with Crippen LogP contribution < -0.4 is 10.6 Å². The molecule has 2 aromatic heterocycles. The number of rotatable bonds is 4. The Morgan fingerprint density at radius 2 is 2.05 bits per heavy atom. The van der Waals surface area contributed by atoms with E-state index in [-0.39, 0.29) is 17.3 Å². The van der Waals surface area contributed by atoms with Crippen LogP contribution in [-0.4, -0.2) is 21.9 Å². The summed E-state index contributed by atoms with van der Waals surface area (Å²) in [5.74, 6) is 0.480. The Labute approximate surface area is 116 Å². The number of aromatic nitrogens is 2. The molecular weight excluding hydrogens is 258 g/mol. The molecule has 0 saturated heterocycles. The first-order valence-electron chi connectivity index (χ1n) is 6.02. The van der Waals surface area contributed by atoms with Gasteiger partial charge in [0.05, 0.1) is 17.2 Å². The van der Waals surface area contributed by atoms with Gasteiger partial charge in [0.15, 0.2) is 0 Å². The Balaban J connectivity index is 2.31. The molecule has 104 valence electrons. The quantitative estimate of drug-likeness (QED) is 0.675. The fraction of sp³-hybridized carbons (Fsp3) is 0.231. The first-order chi connectivity index (χ1) is 9.47. The summed E-state index contributed by atoms with van der Waals surface area (Å²) in [6.07, 6.45) is 0. The Bertz CT molecular complexity index is 644. The average Bonchev–Trinajstić information content (AvgIpc) is 2.38. The number of nitrogens with two attached hydrogens (primary N) is 1. The highest BCUT2D eigenvalue weighted by atomic mass is 16.6. The van der Waals surface area contributed by atoms with E-state index in [9.17, 15) is 10.1 Å². The molecule has 0 aromatic carbocycles. The summed E-state index contributed by atoms with van der Waals surface area (Å²) in [4.78, 5) is 20.6. The van der Waals surface area contributed by atoms with Gasteiger partial charge in [-0.3, -0.25) is 15.1 Å². The number of aryl methyl sites for hydroxylation is 1. The number of anilines is 2. The number of nitrogen functional groups attached to an aromatic ring is 1. The summed E-state index contributed by atoms with van der Waals surface area (Å²) in [6, 6.07) is 8.43. The zero-order valence-corrected chi connectivity index (χ0v) is 11.3. The molecule has 0 amide bonds. The molecule has 2 aromatic rings. The standard InChI is InChI=1S/C13H15N5O2/c1-9-4-3-5-10(15-9)8-17(2)13-11(18(19)20)6-7-12(14)16-13/h3-7H,8H2,1-2H3,(H2,14,16). The second-order valence-electron chi connectivity index (χ2n) is 4.46. The Morgan fingerprint density at radius 1 is 1.30 bits per heavy atom. The van der Waals surface area contributed by atoms with E-state index in [1.54, 1.807) is 11.9 Å². The fourth-order valence-electron chi connectivity index (χ4n) is 1.88. The lowest BCUT2D eigenvalue weighted by molar-refractivity contribution is -0.384. The molecule has 0 unspecified atom stereocenters. The number of nitrogens with zero attached hydrogens (tertiary/aromatic N) is 4. The minimum Gasteiger partial charge on any atom is -0.384 e. The van der Waals surface area contributed by atoms with Crippen molar-refractivity contribution in [3.05, 3.63) is 51.8 Å². The number of pyridine rings is 2. The number of hydrogen-bond donors (Lipinski definition) is 1. The predicted molar refractivity (Wildman–Crippen MR) is 76.4 cm³/mol. The lowest BCUT2D eigenvalue weighted by Crippen LogP contribution is -2.20. The van der Waals surface area contributed by atoms with Crippen LogP contribution >= 0.6 is 0 Å². The first kappa shape index (κ1) is 13.7. The molecular formula is C13H15N5O2. The molecule has 0 aliphatic carbocycles. The van der Waals surface area contributed by atoms with Gasteiger partial charge in [-0.15, -0.1) is 0 Å². The van der Waals surface area contributed by atoms with Crippen LogP contribution in [0.4, 0.5) is 17.3 Å². The van der Waals surface area contributed by atoms with Gasteiger partial charge in [-0.2, -0.15) is 0 Å². The molecule has 0 bridgehead atoms. The van der Waals surface area contributed by atoms with Crippen molar-refractivity contribution in [3.8, 4) is 0 Å². The van der Waals surface area contributed by atoms with Crippen LogP contribution in [0.5, 0.6) is 0 Å². The minimum atomic E-state index is -0.470. The van der Waals surface area contributed by atoms with Crippen molar-refractivity contribution in [2.24, 2.45) is 0 Å². The van der Waals surface area contributed by atoms with E-state index in [1.165, 1.54) is 12.1 Å². The highest BCUT2D eigenvalue weighted by molar-refractivity contribution is 5.60. The third-order valence-corrected chi connectivity index (χ3v) is 2.78. The Kier molecular flexibility index (Phi) is 3.79. The van der Waals surface area contributed by atoms with E-state index >= 15 is 0 Å². The van der Waals surface area contributed by atoms with Crippen molar-refractivity contribution in [3.63, 3.8) is 0 Å². The zero-order valence-electron chi connectivity index (χ0n) is 11.3. The average molecular weight is 273 g/mol. The predicted octanol–water partition coefficient (Wildman–Crippen LogP) is 1.91. The maximum Gasteiger partial charge on any atom is 0.311 e. The van der Waals surface area contributed by atoms with Crippen LogP contribution in [0.15, 0.2) is 30.3 Å². The summed E-state index contributed by atoms with van der Waals surface area (Å²) >= 11 is 0. The summed E-state index contributed by atoms with van der Waals surface area (Å²) in [5, 5.41) is 11.0. The lowest BCUT2D eigenvalue weighted by atomic mass is 10.3. The molecule has 0 atom stereocenters. The number of hydrogen-bond acceptors (Lipinski definition) is 6. The van der Waals surface area contributed by atoms with Gasteiger partial charge >= 0.3 is 5.69 Å². The largest absolute Gasteiger partial charge is 0.384 e. The van der Waals surface area contributed by atoms with E-state index in [0.717, 1.165) is 11.4 Å². The molecule has 0 spiro atoms. The molecule has 2 rings (SSSR count). The second kappa shape index (κ2) is 5.52. The summed E-state index contributed by atoms with van der Waals surface area (Å²) in [6.45, 7) is 2.31. The van der Waals surface area contributed by atoms with Crippen LogP contribution in [0.3, 0.4) is 0 Å². The topological polar surface area (TPSA) is 98.2 Å². The molecule has 0 fully saturated rings. The molecule has 2 N–H and O–H groups in total. The first-order valence-corrected chi connectivity index (χ1v) is 6.02. The van der Waals surface area contributed by atoms with E-state index in [4.69, 9.17) is 5.73 Å². The summed E-state index contributed by atoms with van der Waals surface area (Å²) in [5.41, 5.74) is 7.24. The summed E-state index contributed by atoms with van der Waals surface area (Å²) in [7, 11) is 1.72. The van der Waals surface area contributed by atoms with E-state index in [0.29, 0.717) is 6.54 Å². The highest BCUT2D eigenvalue weighted by Crippen LogP contribution is 2.26. The second-order valence-corrected chi connectivity index (χ2v) is 4.46. The van der Waals surface area contributed by atoms with Crippen LogP contribution in [-0.2, 0) is 6.54 Å². The third-order valence-electron chi connectivity index (χ3n) is 2.78. The smallest absolute Gasteiger partial charge is 0.311 e. The van der Waals surface area contributed by atoms with E-state index < -0.39 is 4.92 Å². The molecule has 7 nitrogen and oxygen atoms in total. The Hall–Kier alpha value is -2.70. The van der Waals surface area contributed by atoms with Gasteiger partial charge in [0.1, 0.15) is 5.82 Å². The van der Waals surface area contributed by atoms with Crippen molar-refractivity contribution >= 4 is 17.3 Å².